The van der Waals surface area contributed by atoms with E-state index in [0.717, 1.165) is 78.7 Å². The van der Waals surface area contributed by atoms with Crippen LogP contribution in [0.15, 0.2) is 23.1 Å². The van der Waals surface area contributed by atoms with E-state index >= 15 is 0 Å². The molecule has 10 heteroatoms. The fourth-order valence-corrected chi connectivity index (χ4v) is 5.45. The third-order valence-electron chi connectivity index (χ3n) is 7.63. The van der Waals surface area contributed by atoms with Crippen LogP contribution in [0.1, 0.15) is 68.1 Å². The van der Waals surface area contributed by atoms with Crippen LogP contribution >= 0.6 is 0 Å². The van der Waals surface area contributed by atoms with Crippen molar-refractivity contribution in [3.05, 3.63) is 45.4 Å². The maximum Gasteiger partial charge on any atom is 0.317 e. The van der Waals surface area contributed by atoms with Gasteiger partial charge in [-0.15, -0.1) is 0 Å². The average Bonchev–Trinajstić information content (AvgIpc) is 2.95. The van der Waals surface area contributed by atoms with Crippen LogP contribution in [-0.2, 0) is 31.4 Å². The molecule has 10 nitrogen and oxygen atoms in total. The molecule has 2 heterocycles. The van der Waals surface area contributed by atoms with Gasteiger partial charge in [-0.25, -0.2) is 4.79 Å². The molecule has 226 valence electrons. The van der Waals surface area contributed by atoms with Crippen molar-refractivity contribution >= 4 is 11.9 Å². The number of carbonyl (C=O) groups excluding carboxylic acids is 2. The fourth-order valence-electron chi connectivity index (χ4n) is 5.45. The summed E-state index contributed by atoms with van der Waals surface area (Å²) in [5.74, 6) is 1.23. The standard InChI is InChI=1S/C31H47N5O5/c1-34(2)19-26-27(40-4)17-22(18-28(26)41-5)24-20-35(3)30(38)25-21-36(16-14-23(24)25)31(39)33-15-12-10-8-6-7-9-11-13-29(32)37/h17-18,20H,6-16,19,21H2,1-5H3,(H2,32,37)(H,33,39). The molecule has 1 aromatic heterocycles. The number of nitrogens with one attached hydrogen (secondary N) is 1. The fraction of sp³-hybridized carbons (Fsp3) is 0.581. The first kappa shape index (κ1) is 32.0. The third-order valence-corrected chi connectivity index (χ3v) is 7.63. The Morgan fingerprint density at radius 3 is 2.17 bits per heavy atom. The normalized spacial score (nSPS) is 12.8. The first-order valence-electron chi connectivity index (χ1n) is 14.6. The summed E-state index contributed by atoms with van der Waals surface area (Å²) >= 11 is 0. The van der Waals surface area contributed by atoms with Gasteiger partial charge in [-0.1, -0.05) is 32.1 Å². The minimum Gasteiger partial charge on any atom is -0.496 e. The number of fused-ring (bicyclic) bond motifs is 1. The van der Waals surface area contributed by atoms with Crippen LogP contribution in [-0.4, -0.2) is 67.7 Å². The first-order chi connectivity index (χ1) is 19.7. The number of nitrogens with zero attached hydrogens (tertiary/aromatic N) is 3. The number of carbonyl (C=O) groups is 2. The van der Waals surface area contributed by atoms with Gasteiger partial charge in [-0.2, -0.15) is 0 Å². The lowest BCUT2D eigenvalue weighted by molar-refractivity contribution is -0.118. The molecule has 0 bridgehead atoms. The van der Waals surface area contributed by atoms with Gasteiger partial charge in [0.2, 0.25) is 5.91 Å². The largest absolute Gasteiger partial charge is 0.496 e. The Kier molecular flexibility index (Phi) is 12.1. The number of hydrogen-bond donors (Lipinski definition) is 2. The number of urea groups is 1. The summed E-state index contributed by atoms with van der Waals surface area (Å²) < 4.78 is 13.1. The van der Waals surface area contributed by atoms with Crippen molar-refractivity contribution in [2.24, 2.45) is 12.8 Å². The number of primary amides is 1. The first-order valence-corrected chi connectivity index (χ1v) is 14.6. The quantitative estimate of drug-likeness (QED) is 0.315. The number of methoxy groups -OCH3 is 2. The molecule has 0 saturated heterocycles. The summed E-state index contributed by atoms with van der Waals surface area (Å²) in [4.78, 5) is 40.7. The maximum atomic E-state index is 13.2. The van der Waals surface area contributed by atoms with E-state index < -0.39 is 0 Å². The van der Waals surface area contributed by atoms with Gasteiger partial charge in [-0.3, -0.25) is 9.59 Å². The molecule has 1 aliphatic rings. The predicted molar refractivity (Wildman–Crippen MR) is 161 cm³/mol. The van der Waals surface area contributed by atoms with E-state index in [1.54, 1.807) is 30.7 Å². The van der Waals surface area contributed by atoms with E-state index in [1.165, 1.54) is 0 Å². The maximum absolute atomic E-state index is 13.2. The Bertz CT molecular complexity index is 1230. The summed E-state index contributed by atoms with van der Waals surface area (Å²) in [5.41, 5.74) is 9.53. The molecule has 1 aromatic carbocycles. The van der Waals surface area contributed by atoms with Gasteiger partial charge < -0.3 is 34.9 Å². The van der Waals surface area contributed by atoms with Gasteiger partial charge in [0.15, 0.2) is 0 Å². The van der Waals surface area contributed by atoms with Crippen molar-refractivity contribution in [2.75, 3.05) is 41.4 Å². The molecule has 3 rings (SSSR count). The molecule has 0 spiro atoms. The van der Waals surface area contributed by atoms with Crippen LogP contribution in [0.2, 0.25) is 0 Å². The molecule has 0 saturated carbocycles. The van der Waals surface area contributed by atoms with Crippen molar-refractivity contribution in [3.8, 4) is 22.6 Å². The third kappa shape index (κ3) is 8.73. The SMILES string of the molecule is COc1cc(-c2cn(C)c(=O)c3c2CCN(C(=O)NCCCCCCCCCC(N)=O)C3)cc(OC)c1CN(C)C. The number of aryl methyl sites for hydroxylation is 1. The van der Waals surface area contributed by atoms with E-state index in [4.69, 9.17) is 15.2 Å². The predicted octanol–water partition coefficient (Wildman–Crippen LogP) is 3.80. The lowest BCUT2D eigenvalue weighted by Gasteiger charge is -2.30. The van der Waals surface area contributed by atoms with E-state index in [1.807, 2.05) is 32.4 Å². The van der Waals surface area contributed by atoms with Crippen LogP contribution in [0, 0.1) is 0 Å². The minimum atomic E-state index is -0.231. The van der Waals surface area contributed by atoms with Crippen LogP contribution in [0.25, 0.3) is 11.1 Å². The van der Waals surface area contributed by atoms with E-state index in [9.17, 15) is 14.4 Å². The molecular formula is C31H47N5O5. The molecular weight excluding hydrogens is 522 g/mol. The summed E-state index contributed by atoms with van der Waals surface area (Å²) in [6, 6.07) is 3.87. The van der Waals surface area contributed by atoms with Crippen LogP contribution < -0.4 is 26.1 Å². The van der Waals surface area contributed by atoms with Gasteiger partial charge in [0.25, 0.3) is 5.56 Å². The number of hydrogen-bond acceptors (Lipinski definition) is 6. The zero-order chi connectivity index (χ0) is 29.9. The van der Waals surface area contributed by atoms with Gasteiger partial charge >= 0.3 is 6.03 Å². The molecule has 1 aliphatic heterocycles. The second kappa shape index (κ2) is 15.5. The molecule has 0 unspecified atom stereocenters. The van der Waals surface area contributed by atoms with E-state index in [0.29, 0.717) is 38.0 Å². The van der Waals surface area contributed by atoms with E-state index in [-0.39, 0.29) is 24.0 Å². The van der Waals surface area contributed by atoms with Gasteiger partial charge in [0.1, 0.15) is 11.5 Å². The van der Waals surface area contributed by atoms with Crippen molar-refractivity contribution in [1.82, 2.24) is 19.7 Å². The van der Waals surface area contributed by atoms with Crippen LogP contribution in [0.5, 0.6) is 11.5 Å². The second-order valence-corrected chi connectivity index (χ2v) is 11.1. The Balaban J connectivity index is 1.64. The lowest BCUT2D eigenvalue weighted by atomic mass is 9.91. The molecule has 3 N–H and O–H groups in total. The van der Waals surface area contributed by atoms with Crippen molar-refractivity contribution in [2.45, 2.75) is 70.9 Å². The monoisotopic (exact) mass is 569 g/mol. The molecule has 0 fully saturated rings. The molecule has 2 aromatic rings. The molecule has 3 amide bonds. The zero-order valence-corrected chi connectivity index (χ0v) is 25.4. The summed E-state index contributed by atoms with van der Waals surface area (Å²) in [6.07, 6.45) is 10.1. The highest BCUT2D eigenvalue weighted by Gasteiger charge is 2.27. The number of aromatic nitrogens is 1. The summed E-state index contributed by atoms with van der Waals surface area (Å²) in [5, 5.41) is 3.03. The van der Waals surface area contributed by atoms with E-state index in [2.05, 4.69) is 10.2 Å². The van der Waals surface area contributed by atoms with Gasteiger partial charge in [0, 0.05) is 50.4 Å². The minimum absolute atomic E-state index is 0.0831. The Hall–Kier alpha value is -3.53. The van der Waals surface area contributed by atoms with Gasteiger partial charge in [0.05, 0.1) is 26.3 Å². The Morgan fingerprint density at radius 2 is 1.59 bits per heavy atom. The molecule has 0 atom stereocenters. The van der Waals surface area contributed by atoms with Crippen molar-refractivity contribution in [3.63, 3.8) is 0 Å². The van der Waals surface area contributed by atoms with Crippen molar-refractivity contribution < 1.29 is 19.1 Å². The second-order valence-electron chi connectivity index (χ2n) is 11.1. The highest BCUT2D eigenvalue weighted by Crippen LogP contribution is 2.38. The van der Waals surface area contributed by atoms with Gasteiger partial charge in [-0.05, 0) is 56.6 Å². The van der Waals surface area contributed by atoms with Crippen molar-refractivity contribution in [1.29, 1.82) is 0 Å². The Morgan fingerprint density at radius 1 is 0.976 bits per heavy atom. The highest BCUT2D eigenvalue weighted by molar-refractivity contribution is 5.76. The number of unbranched alkanes of at least 4 members (excludes halogenated alkanes) is 6. The molecule has 41 heavy (non-hydrogen) atoms. The number of ether oxygens (including phenoxy) is 2. The van der Waals surface area contributed by atoms with Crippen LogP contribution in [0.3, 0.4) is 0 Å². The van der Waals surface area contributed by atoms with Crippen LogP contribution in [0.4, 0.5) is 4.79 Å². The number of amides is 3. The summed E-state index contributed by atoms with van der Waals surface area (Å²) in [7, 11) is 9.05. The average molecular weight is 570 g/mol. The topological polar surface area (TPSA) is 119 Å². The Labute approximate surface area is 243 Å². The molecule has 0 aliphatic carbocycles. The molecule has 0 radical (unpaired) electrons. The number of rotatable bonds is 15. The summed E-state index contributed by atoms with van der Waals surface area (Å²) in [6.45, 7) is 2.10. The smallest absolute Gasteiger partial charge is 0.317 e. The number of benzene rings is 1. The highest BCUT2D eigenvalue weighted by atomic mass is 16.5. The number of pyridine rings is 1. The zero-order valence-electron chi connectivity index (χ0n) is 25.4. The lowest BCUT2D eigenvalue weighted by Crippen LogP contribution is -2.45. The number of nitrogens with two attached hydrogens (primary N) is 1.